The van der Waals surface area contributed by atoms with Crippen molar-refractivity contribution >= 4 is 0 Å². The first kappa shape index (κ1) is 8.57. The van der Waals surface area contributed by atoms with Gasteiger partial charge in [-0.25, -0.2) is 0 Å². The first-order valence-corrected chi connectivity index (χ1v) is 4.74. The maximum atomic E-state index is 9.26. The van der Waals surface area contributed by atoms with Crippen molar-refractivity contribution in [2.45, 2.75) is 25.2 Å². The van der Waals surface area contributed by atoms with Crippen molar-refractivity contribution in [3.8, 4) is 5.75 Å². The topological polar surface area (TPSA) is 40.5 Å². The van der Waals surface area contributed by atoms with E-state index in [0.29, 0.717) is 11.7 Å². The van der Waals surface area contributed by atoms with Gasteiger partial charge in [-0.3, -0.25) is 0 Å². The van der Waals surface area contributed by atoms with Crippen LogP contribution in [-0.4, -0.2) is 16.8 Å². The Hall–Kier alpha value is -1.02. The molecule has 0 amide bonds. The lowest BCUT2D eigenvalue weighted by Gasteiger charge is -2.08. The molecule has 2 N–H and O–H groups in total. The molecule has 1 atom stereocenters. The van der Waals surface area contributed by atoms with Crippen LogP contribution >= 0.6 is 0 Å². The van der Waals surface area contributed by atoms with Gasteiger partial charge in [0.1, 0.15) is 5.75 Å². The van der Waals surface area contributed by atoms with Crippen LogP contribution in [0.5, 0.6) is 5.75 Å². The minimum absolute atomic E-state index is 0.255. The van der Waals surface area contributed by atoms with Gasteiger partial charge in [0.2, 0.25) is 0 Å². The molecule has 2 rings (SSSR count). The molecule has 1 aromatic rings. The summed E-state index contributed by atoms with van der Waals surface area (Å²) in [5, 5.41) is 18.1. The number of fused-ring (bicyclic) bond motifs is 1. The Bertz CT molecular complexity index is 307. The molecule has 0 aliphatic heterocycles. The fourth-order valence-electron chi connectivity index (χ4n) is 2.15. The summed E-state index contributed by atoms with van der Waals surface area (Å²) >= 11 is 0. The van der Waals surface area contributed by atoms with Gasteiger partial charge in [-0.05, 0) is 48.4 Å². The molecule has 0 fully saturated rings. The number of phenols is 1. The van der Waals surface area contributed by atoms with E-state index in [2.05, 4.69) is 0 Å². The number of rotatable bonds is 2. The van der Waals surface area contributed by atoms with Gasteiger partial charge in [0.05, 0.1) is 0 Å². The molecule has 70 valence electrons. The van der Waals surface area contributed by atoms with Crippen LogP contribution in [0.1, 0.15) is 29.9 Å². The van der Waals surface area contributed by atoms with Gasteiger partial charge in [0, 0.05) is 6.61 Å². The lowest BCUT2D eigenvalue weighted by Crippen LogP contribution is -1.96. The van der Waals surface area contributed by atoms with Crippen LogP contribution < -0.4 is 0 Å². The lowest BCUT2D eigenvalue weighted by atomic mass is 9.98. The highest BCUT2D eigenvalue weighted by Gasteiger charge is 2.21. The zero-order valence-corrected chi connectivity index (χ0v) is 7.53. The van der Waals surface area contributed by atoms with Crippen LogP contribution in [0.3, 0.4) is 0 Å². The third kappa shape index (κ3) is 1.54. The minimum atomic E-state index is 0.255. The Kier molecular flexibility index (Phi) is 2.23. The van der Waals surface area contributed by atoms with Gasteiger partial charge in [0.25, 0.3) is 0 Å². The quantitative estimate of drug-likeness (QED) is 0.725. The fourth-order valence-corrected chi connectivity index (χ4v) is 2.15. The second kappa shape index (κ2) is 3.38. The highest BCUT2D eigenvalue weighted by molar-refractivity contribution is 5.40. The first-order valence-electron chi connectivity index (χ1n) is 4.74. The second-order valence-corrected chi connectivity index (χ2v) is 3.63. The molecule has 0 radical (unpaired) electrons. The van der Waals surface area contributed by atoms with E-state index in [-0.39, 0.29) is 6.61 Å². The van der Waals surface area contributed by atoms with Crippen molar-refractivity contribution in [3.63, 3.8) is 0 Å². The molecule has 2 heteroatoms. The Morgan fingerprint density at radius 1 is 1.38 bits per heavy atom. The maximum absolute atomic E-state index is 9.26. The van der Waals surface area contributed by atoms with Crippen molar-refractivity contribution in [2.75, 3.05) is 6.61 Å². The van der Waals surface area contributed by atoms with E-state index in [1.165, 1.54) is 11.1 Å². The molecular formula is C11H14O2. The van der Waals surface area contributed by atoms with Crippen LogP contribution in [0.15, 0.2) is 18.2 Å². The summed E-state index contributed by atoms with van der Waals surface area (Å²) < 4.78 is 0. The van der Waals surface area contributed by atoms with Gasteiger partial charge in [-0.1, -0.05) is 6.07 Å². The molecule has 0 saturated carbocycles. The smallest absolute Gasteiger partial charge is 0.115 e. The van der Waals surface area contributed by atoms with E-state index in [1.807, 2.05) is 12.1 Å². The number of phenolic OH excluding ortho intramolecular Hbond substituents is 1. The predicted molar refractivity (Wildman–Crippen MR) is 50.9 cm³/mol. The Labute approximate surface area is 77.8 Å². The van der Waals surface area contributed by atoms with E-state index in [9.17, 15) is 5.11 Å². The standard InChI is InChI=1S/C11H14O2/c12-6-5-8-1-2-9-7-10(13)3-4-11(8)9/h3-4,7-8,12-13H,1-2,5-6H2. The highest BCUT2D eigenvalue weighted by atomic mass is 16.3. The van der Waals surface area contributed by atoms with E-state index in [0.717, 1.165) is 19.3 Å². The summed E-state index contributed by atoms with van der Waals surface area (Å²) in [6, 6.07) is 5.55. The van der Waals surface area contributed by atoms with E-state index in [1.54, 1.807) is 6.07 Å². The highest BCUT2D eigenvalue weighted by Crippen LogP contribution is 2.36. The van der Waals surface area contributed by atoms with E-state index in [4.69, 9.17) is 5.11 Å². The van der Waals surface area contributed by atoms with E-state index < -0.39 is 0 Å². The molecular weight excluding hydrogens is 164 g/mol. The monoisotopic (exact) mass is 178 g/mol. The summed E-state index contributed by atoms with van der Waals surface area (Å²) in [4.78, 5) is 0. The van der Waals surface area contributed by atoms with Gasteiger partial charge >= 0.3 is 0 Å². The third-order valence-electron chi connectivity index (χ3n) is 2.81. The zero-order chi connectivity index (χ0) is 9.26. The van der Waals surface area contributed by atoms with Crippen molar-refractivity contribution < 1.29 is 10.2 Å². The SMILES string of the molecule is OCCC1CCc2cc(O)ccc21. The van der Waals surface area contributed by atoms with Crippen LogP contribution in [-0.2, 0) is 6.42 Å². The van der Waals surface area contributed by atoms with Crippen LogP contribution in [0.4, 0.5) is 0 Å². The lowest BCUT2D eigenvalue weighted by molar-refractivity contribution is 0.275. The number of aryl methyl sites for hydroxylation is 1. The molecule has 2 nitrogen and oxygen atoms in total. The van der Waals surface area contributed by atoms with Gasteiger partial charge in [0.15, 0.2) is 0 Å². The predicted octanol–water partition coefficient (Wildman–Crippen LogP) is 1.80. The average molecular weight is 178 g/mol. The van der Waals surface area contributed by atoms with Gasteiger partial charge in [-0.2, -0.15) is 0 Å². The molecule has 0 saturated heterocycles. The average Bonchev–Trinajstić information content (AvgIpc) is 2.49. The normalized spacial score (nSPS) is 20.2. The molecule has 1 unspecified atom stereocenters. The molecule has 1 aliphatic carbocycles. The van der Waals surface area contributed by atoms with Crippen molar-refractivity contribution in [2.24, 2.45) is 0 Å². The second-order valence-electron chi connectivity index (χ2n) is 3.63. The molecule has 13 heavy (non-hydrogen) atoms. The Morgan fingerprint density at radius 3 is 3.00 bits per heavy atom. The summed E-state index contributed by atoms with van der Waals surface area (Å²) in [5.74, 6) is 0.851. The van der Waals surface area contributed by atoms with E-state index >= 15 is 0 Å². The number of hydrogen-bond donors (Lipinski definition) is 2. The molecule has 0 bridgehead atoms. The molecule has 0 aromatic heterocycles. The summed E-state index contributed by atoms with van der Waals surface area (Å²) in [6.07, 6.45) is 2.99. The number of aliphatic hydroxyl groups excluding tert-OH is 1. The van der Waals surface area contributed by atoms with Crippen molar-refractivity contribution in [1.82, 2.24) is 0 Å². The number of hydrogen-bond acceptors (Lipinski definition) is 2. The van der Waals surface area contributed by atoms with Crippen LogP contribution in [0.25, 0.3) is 0 Å². The fraction of sp³-hybridized carbons (Fsp3) is 0.455. The van der Waals surface area contributed by atoms with Gasteiger partial charge < -0.3 is 10.2 Å². The number of benzene rings is 1. The number of aliphatic hydroxyl groups is 1. The molecule has 0 heterocycles. The Balaban J connectivity index is 2.27. The largest absolute Gasteiger partial charge is 0.508 e. The van der Waals surface area contributed by atoms with Gasteiger partial charge in [-0.15, -0.1) is 0 Å². The summed E-state index contributed by atoms with van der Waals surface area (Å²) in [6.45, 7) is 0.255. The summed E-state index contributed by atoms with van der Waals surface area (Å²) in [5.41, 5.74) is 2.56. The minimum Gasteiger partial charge on any atom is -0.508 e. The summed E-state index contributed by atoms with van der Waals surface area (Å²) in [7, 11) is 0. The van der Waals surface area contributed by atoms with Crippen LogP contribution in [0.2, 0.25) is 0 Å². The Morgan fingerprint density at radius 2 is 2.23 bits per heavy atom. The number of aromatic hydroxyl groups is 1. The van der Waals surface area contributed by atoms with Crippen molar-refractivity contribution in [3.05, 3.63) is 29.3 Å². The zero-order valence-electron chi connectivity index (χ0n) is 7.53. The van der Waals surface area contributed by atoms with Crippen molar-refractivity contribution in [1.29, 1.82) is 0 Å². The first-order chi connectivity index (χ1) is 6.31. The molecule has 1 aliphatic rings. The third-order valence-corrected chi connectivity index (χ3v) is 2.81. The molecule has 0 spiro atoms. The maximum Gasteiger partial charge on any atom is 0.115 e. The molecule has 1 aromatic carbocycles. The van der Waals surface area contributed by atoms with Crippen LogP contribution in [0, 0.1) is 0 Å².